The van der Waals surface area contributed by atoms with Crippen molar-refractivity contribution in [3.63, 3.8) is 0 Å². The second-order valence-corrected chi connectivity index (χ2v) is 4.12. The van der Waals surface area contributed by atoms with Gasteiger partial charge in [0.05, 0.1) is 11.9 Å². The first kappa shape index (κ1) is 14.1. The van der Waals surface area contributed by atoms with E-state index in [0.717, 1.165) is 12.3 Å². The van der Waals surface area contributed by atoms with Gasteiger partial charge in [-0.1, -0.05) is 6.07 Å². The lowest BCUT2D eigenvalue weighted by Gasteiger charge is -2.11. The Balaban J connectivity index is 2.35. The molecule has 2 rings (SSSR count). The molecule has 1 aromatic carbocycles. The first-order chi connectivity index (χ1) is 9.27. The quantitative estimate of drug-likeness (QED) is 0.851. The fourth-order valence-electron chi connectivity index (χ4n) is 1.45. The first-order valence-electron chi connectivity index (χ1n) is 5.54. The summed E-state index contributed by atoms with van der Waals surface area (Å²) in [6.45, 7) is 1.56. The molecule has 0 aliphatic rings. The van der Waals surface area contributed by atoms with Gasteiger partial charge in [-0.25, -0.2) is 9.37 Å². The van der Waals surface area contributed by atoms with Crippen LogP contribution in [0.5, 0.6) is 11.5 Å². The predicted octanol–water partition coefficient (Wildman–Crippen LogP) is 3.92. The number of hydrogen-bond acceptors (Lipinski definition) is 3. The van der Waals surface area contributed by atoms with Gasteiger partial charge < -0.3 is 10.5 Å². The molecule has 0 bridgehead atoms. The number of anilines is 1. The summed E-state index contributed by atoms with van der Waals surface area (Å²) in [5.41, 5.74) is 4.70. The molecule has 1 heterocycles. The summed E-state index contributed by atoms with van der Waals surface area (Å²) in [5, 5.41) is 0. The van der Waals surface area contributed by atoms with Gasteiger partial charge in [0.1, 0.15) is 17.3 Å². The monoisotopic (exact) mass is 286 g/mol. The Morgan fingerprint density at radius 3 is 2.50 bits per heavy atom. The summed E-state index contributed by atoms with van der Waals surface area (Å²) in [5.74, 6) is -0.694. The van der Waals surface area contributed by atoms with E-state index in [0.29, 0.717) is 11.6 Å². The summed E-state index contributed by atoms with van der Waals surface area (Å²) < 4.78 is 56.1. The van der Waals surface area contributed by atoms with Crippen LogP contribution >= 0.6 is 0 Å². The maximum atomic E-state index is 13.3. The lowest BCUT2D eigenvalue weighted by Crippen LogP contribution is -2.08. The third kappa shape index (κ3) is 2.98. The average molecular weight is 286 g/mol. The molecule has 1 aromatic heterocycles. The molecule has 0 saturated carbocycles. The molecule has 0 unspecified atom stereocenters. The minimum Gasteiger partial charge on any atom is -0.455 e. The topological polar surface area (TPSA) is 48.1 Å². The number of benzene rings is 1. The van der Waals surface area contributed by atoms with E-state index < -0.39 is 17.7 Å². The highest BCUT2D eigenvalue weighted by Crippen LogP contribution is 2.34. The van der Waals surface area contributed by atoms with Gasteiger partial charge in [0.25, 0.3) is 0 Å². The number of aromatic nitrogens is 1. The van der Waals surface area contributed by atoms with Crippen LogP contribution in [0.4, 0.5) is 23.2 Å². The van der Waals surface area contributed by atoms with Crippen molar-refractivity contribution in [1.82, 2.24) is 4.98 Å². The number of pyridine rings is 1. The van der Waals surface area contributed by atoms with Crippen LogP contribution in [0.1, 0.15) is 11.3 Å². The highest BCUT2D eigenvalue weighted by atomic mass is 19.4. The molecular weight excluding hydrogens is 276 g/mol. The molecule has 0 spiro atoms. The fourth-order valence-corrected chi connectivity index (χ4v) is 1.45. The molecule has 0 fully saturated rings. The maximum Gasteiger partial charge on any atom is 0.433 e. The van der Waals surface area contributed by atoms with Crippen molar-refractivity contribution in [3.8, 4) is 11.5 Å². The summed E-state index contributed by atoms with van der Waals surface area (Å²) >= 11 is 0. The van der Waals surface area contributed by atoms with Crippen molar-refractivity contribution in [3.05, 3.63) is 47.5 Å². The summed E-state index contributed by atoms with van der Waals surface area (Å²) in [6.07, 6.45) is -3.76. The molecular formula is C13H10F4N2O. The van der Waals surface area contributed by atoms with E-state index in [9.17, 15) is 17.6 Å². The standard InChI is InChI=1S/C13H10F4N2O/c1-7-2-3-8(4-9(7)14)20-11-5-12(13(15,16)17)19-6-10(11)18/h2-6H,18H2,1H3. The number of nitrogen functional groups attached to an aromatic ring is 1. The van der Waals surface area contributed by atoms with Crippen LogP contribution in [0.25, 0.3) is 0 Å². The van der Waals surface area contributed by atoms with Crippen molar-refractivity contribution in [2.24, 2.45) is 0 Å². The molecule has 2 aromatic rings. The number of halogens is 4. The molecule has 0 saturated heterocycles. The van der Waals surface area contributed by atoms with Crippen LogP contribution < -0.4 is 10.5 Å². The van der Waals surface area contributed by atoms with Crippen molar-refractivity contribution >= 4 is 5.69 Å². The van der Waals surface area contributed by atoms with Crippen LogP contribution in [-0.4, -0.2) is 4.98 Å². The van der Waals surface area contributed by atoms with E-state index >= 15 is 0 Å². The number of aryl methyl sites for hydroxylation is 1. The fraction of sp³-hybridized carbons (Fsp3) is 0.154. The molecule has 0 atom stereocenters. The number of alkyl halides is 3. The summed E-state index contributed by atoms with van der Waals surface area (Å²) in [7, 11) is 0. The lowest BCUT2D eigenvalue weighted by molar-refractivity contribution is -0.141. The van der Waals surface area contributed by atoms with E-state index in [1.165, 1.54) is 12.1 Å². The molecule has 0 aliphatic heterocycles. The van der Waals surface area contributed by atoms with Crippen LogP contribution in [-0.2, 0) is 6.18 Å². The first-order valence-corrected chi connectivity index (χ1v) is 5.54. The Labute approximate surface area is 112 Å². The van der Waals surface area contributed by atoms with Gasteiger partial charge in [0.2, 0.25) is 0 Å². The van der Waals surface area contributed by atoms with E-state index in [2.05, 4.69) is 4.98 Å². The molecule has 20 heavy (non-hydrogen) atoms. The highest BCUT2D eigenvalue weighted by Gasteiger charge is 2.33. The van der Waals surface area contributed by atoms with Crippen LogP contribution in [0.15, 0.2) is 30.5 Å². The van der Waals surface area contributed by atoms with E-state index in [4.69, 9.17) is 10.5 Å². The number of hydrogen-bond donors (Lipinski definition) is 1. The van der Waals surface area contributed by atoms with E-state index in [1.807, 2.05) is 0 Å². The zero-order chi connectivity index (χ0) is 14.9. The van der Waals surface area contributed by atoms with Crippen LogP contribution in [0.3, 0.4) is 0 Å². The molecule has 106 valence electrons. The molecule has 0 aliphatic carbocycles. The minimum absolute atomic E-state index is 0.0547. The zero-order valence-electron chi connectivity index (χ0n) is 10.3. The molecule has 0 amide bonds. The molecule has 2 N–H and O–H groups in total. The van der Waals surface area contributed by atoms with E-state index in [1.54, 1.807) is 6.92 Å². The average Bonchev–Trinajstić information content (AvgIpc) is 2.35. The Morgan fingerprint density at radius 2 is 1.90 bits per heavy atom. The molecule has 7 heteroatoms. The smallest absolute Gasteiger partial charge is 0.433 e. The largest absolute Gasteiger partial charge is 0.455 e. The summed E-state index contributed by atoms with van der Waals surface area (Å²) in [6, 6.07) is 4.63. The van der Waals surface area contributed by atoms with Gasteiger partial charge in [-0.05, 0) is 18.6 Å². The lowest BCUT2D eigenvalue weighted by atomic mass is 10.2. The Kier molecular flexibility index (Phi) is 3.52. The third-order valence-electron chi connectivity index (χ3n) is 2.56. The van der Waals surface area contributed by atoms with E-state index in [-0.39, 0.29) is 17.2 Å². The van der Waals surface area contributed by atoms with Gasteiger partial charge >= 0.3 is 6.18 Å². The van der Waals surface area contributed by atoms with Crippen molar-refractivity contribution in [2.45, 2.75) is 13.1 Å². The van der Waals surface area contributed by atoms with Gasteiger partial charge in [-0.15, -0.1) is 0 Å². The second kappa shape index (κ2) is 4.99. The Hall–Kier alpha value is -2.31. The number of nitrogens with two attached hydrogens (primary N) is 1. The maximum absolute atomic E-state index is 13.3. The number of nitrogens with zero attached hydrogens (tertiary/aromatic N) is 1. The zero-order valence-corrected chi connectivity index (χ0v) is 10.3. The Morgan fingerprint density at radius 1 is 1.20 bits per heavy atom. The van der Waals surface area contributed by atoms with Crippen molar-refractivity contribution in [1.29, 1.82) is 0 Å². The minimum atomic E-state index is -4.61. The van der Waals surface area contributed by atoms with Gasteiger partial charge in [0.15, 0.2) is 5.75 Å². The van der Waals surface area contributed by atoms with Crippen molar-refractivity contribution in [2.75, 3.05) is 5.73 Å². The molecule has 0 radical (unpaired) electrons. The molecule has 3 nitrogen and oxygen atoms in total. The van der Waals surface area contributed by atoms with Gasteiger partial charge in [-0.2, -0.15) is 13.2 Å². The van der Waals surface area contributed by atoms with Crippen LogP contribution in [0, 0.1) is 12.7 Å². The number of ether oxygens (including phenoxy) is 1. The predicted molar refractivity (Wildman–Crippen MR) is 64.9 cm³/mol. The van der Waals surface area contributed by atoms with Gasteiger partial charge in [-0.3, -0.25) is 0 Å². The second-order valence-electron chi connectivity index (χ2n) is 4.12. The highest BCUT2D eigenvalue weighted by molar-refractivity contribution is 5.53. The third-order valence-corrected chi connectivity index (χ3v) is 2.56. The van der Waals surface area contributed by atoms with Gasteiger partial charge in [0, 0.05) is 12.1 Å². The normalized spacial score (nSPS) is 11.4. The van der Waals surface area contributed by atoms with Crippen LogP contribution in [0.2, 0.25) is 0 Å². The Bertz CT molecular complexity index is 641. The summed E-state index contributed by atoms with van der Waals surface area (Å²) in [4.78, 5) is 3.18. The number of rotatable bonds is 2. The van der Waals surface area contributed by atoms with Crippen molar-refractivity contribution < 1.29 is 22.3 Å². The SMILES string of the molecule is Cc1ccc(Oc2cc(C(F)(F)F)ncc2N)cc1F.